The molecule has 4 aromatic rings. The van der Waals surface area contributed by atoms with Crippen LogP contribution in [0.15, 0.2) is 31.8 Å². The Bertz CT molecular complexity index is 1140. The highest BCUT2D eigenvalue weighted by atomic mass is 79.9. The zero-order chi connectivity index (χ0) is 24.6. The van der Waals surface area contributed by atoms with Crippen LogP contribution in [0.2, 0.25) is 0 Å². The number of rotatable bonds is 14. The van der Waals surface area contributed by atoms with Gasteiger partial charge < -0.3 is 9.47 Å². The Balaban J connectivity index is 1.85. The van der Waals surface area contributed by atoms with Crippen LogP contribution in [-0.4, -0.2) is 22.0 Å². The number of ether oxygens (including phenoxy) is 2. The second-order valence-electron chi connectivity index (χ2n) is 8.40. The Morgan fingerprint density at radius 3 is 1.49 bits per heavy atom. The second-order valence-corrected chi connectivity index (χ2v) is 13.8. The third-order valence-corrected chi connectivity index (χ3v) is 9.56. The van der Waals surface area contributed by atoms with Crippen LogP contribution in [0.3, 0.4) is 0 Å². The number of hydrogen-bond donors (Lipinski definition) is 0. The number of thiophene rings is 2. The maximum atomic E-state index is 6.60. The molecule has 0 unspecified atom stereocenters. The van der Waals surface area contributed by atoms with Crippen LogP contribution in [0, 0.1) is 0 Å². The largest absolute Gasteiger partial charge is 0.489 e. The van der Waals surface area contributed by atoms with Crippen molar-refractivity contribution in [1.82, 2.24) is 8.75 Å². The lowest BCUT2D eigenvalue weighted by Crippen LogP contribution is -2.06. The Morgan fingerprint density at radius 1 is 0.657 bits per heavy atom. The van der Waals surface area contributed by atoms with E-state index >= 15 is 0 Å². The van der Waals surface area contributed by atoms with Gasteiger partial charge in [0.2, 0.25) is 0 Å². The first kappa shape index (κ1) is 27.0. The normalized spacial score (nSPS) is 11.4. The summed E-state index contributed by atoms with van der Waals surface area (Å²) in [5.41, 5.74) is 3.74. The van der Waals surface area contributed by atoms with Crippen molar-refractivity contribution in [2.75, 3.05) is 13.2 Å². The van der Waals surface area contributed by atoms with E-state index in [1.165, 1.54) is 37.4 Å². The lowest BCUT2D eigenvalue weighted by molar-refractivity contribution is 0.261. The molecule has 0 amide bonds. The Morgan fingerprint density at radius 2 is 1.11 bits per heavy atom. The van der Waals surface area contributed by atoms with E-state index in [1.54, 1.807) is 22.7 Å². The molecule has 4 rings (SSSR count). The van der Waals surface area contributed by atoms with Crippen LogP contribution in [0.5, 0.6) is 11.5 Å². The lowest BCUT2D eigenvalue weighted by atomic mass is 10.0. The van der Waals surface area contributed by atoms with E-state index in [9.17, 15) is 0 Å². The third kappa shape index (κ3) is 6.66. The predicted molar refractivity (Wildman–Crippen MR) is 159 cm³/mol. The molecule has 0 fully saturated rings. The van der Waals surface area contributed by atoms with E-state index in [2.05, 4.69) is 70.0 Å². The average molecular weight is 659 g/mol. The first-order valence-electron chi connectivity index (χ1n) is 12.2. The summed E-state index contributed by atoms with van der Waals surface area (Å²) in [7, 11) is 0. The topological polar surface area (TPSA) is 44.2 Å². The molecule has 0 atom stereocenters. The molecule has 0 aliphatic rings. The highest BCUT2D eigenvalue weighted by Gasteiger charge is 2.28. The van der Waals surface area contributed by atoms with Crippen molar-refractivity contribution in [1.29, 1.82) is 0 Å². The molecular formula is C26H30Br2N2O2S3. The van der Waals surface area contributed by atoms with Gasteiger partial charge in [0.15, 0.2) is 11.5 Å². The van der Waals surface area contributed by atoms with Gasteiger partial charge in [-0.1, -0.05) is 52.4 Å². The van der Waals surface area contributed by atoms with Gasteiger partial charge in [0.1, 0.15) is 11.0 Å². The summed E-state index contributed by atoms with van der Waals surface area (Å²) in [4.78, 5) is 2.21. The smallest absolute Gasteiger partial charge is 0.172 e. The van der Waals surface area contributed by atoms with Crippen LogP contribution in [0.25, 0.3) is 31.9 Å². The Hall–Kier alpha value is -1.000. The molecule has 0 N–H and O–H groups in total. The van der Waals surface area contributed by atoms with Crippen molar-refractivity contribution in [3.05, 3.63) is 31.8 Å². The molecule has 1 aromatic carbocycles. The van der Waals surface area contributed by atoms with Crippen molar-refractivity contribution in [2.24, 2.45) is 0 Å². The van der Waals surface area contributed by atoms with E-state index in [1.807, 2.05) is 0 Å². The monoisotopic (exact) mass is 656 g/mol. The fraction of sp³-hybridized carbons (Fsp3) is 0.462. The van der Waals surface area contributed by atoms with Gasteiger partial charge in [0.05, 0.1) is 43.6 Å². The highest BCUT2D eigenvalue weighted by molar-refractivity contribution is 9.11. The van der Waals surface area contributed by atoms with Crippen molar-refractivity contribution in [3.63, 3.8) is 0 Å². The third-order valence-electron chi connectivity index (χ3n) is 5.75. The van der Waals surface area contributed by atoms with Crippen molar-refractivity contribution in [3.8, 4) is 32.4 Å². The molecular weight excluding hydrogens is 628 g/mol. The zero-order valence-corrected chi connectivity index (χ0v) is 25.7. The molecule has 0 aliphatic carbocycles. The van der Waals surface area contributed by atoms with E-state index in [0.29, 0.717) is 13.2 Å². The van der Waals surface area contributed by atoms with Gasteiger partial charge in [-0.05, 0) is 69.0 Å². The van der Waals surface area contributed by atoms with Crippen LogP contribution < -0.4 is 9.47 Å². The van der Waals surface area contributed by atoms with E-state index in [-0.39, 0.29) is 0 Å². The fourth-order valence-corrected chi connectivity index (χ4v) is 7.41. The summed E-state index contributed by atoms with van der Waals surface area (Å²) >= 11 is 11.9. The molecule has 0 bridgehead atoms. The molecule has 3 heterocycles. The number of hydrogen-bond acceptors (Lipinski definition) is 7. The quantitative estimate of drug-likeness (QED) is 0.127. The van der Waals surface area contributed by atoms with Crippen LogP contribution in [0.4, 0.5) is 0 Å². The number of fused-ring (bicyclic) bond motifs is 1. The predicted octanol–water partition coefficient (Wildman–Crippen LogP) is 10.6. The lowest BCUT2D eigenvalue weighted by Gasteiger charge is -2.20. The van der Waals surface area contributed by atoms with Crippen molar-refractivity contribution < 1.29 is 9.47 Å². The van der Waals surface area contributed by atoms with Gasteiger partial charge in [-0.2, -0.15) is 8.75 Å². The van der Waals surface area contributed by atoms with Crippen LogP contribution in [-0.2, 0) is 0 Å². The summed E-state index contributed by atoms with van der Waals surface area (Å²) in [6.45, 7) is 5.77. The second kappa shape index (κ2) is 13.5. The minimum absolute atomic E-state index is 0.655. The number of halogens is 2. The molecule has 4 nitrogen and oxygen atoms in total. The van der Waals surface area contributed by atoms with Gasteiger partial charge in [0.25, 0.3) is 0 Å². The molecule has 0 saturated carbocycles. The fourth-order valence-electron chi connectivity index (χ4n) is 3.99. The standard InChI is InChI=1S/C26H30Br2N2O2S3/c1-3-5-7-9-15-31-25-21(17-11-13-19(27)33-17)23-24(30-35-29-23)22(18-12-14-20(28)34-18)26(25)32-16-10-8-6-4-2/h11-14H,3-10,15-16H2,1-2H3. The minimum Gasteiger partial charge on any atom is -0.489 e. The zero-order valence-electron chi connectivity index (χ0n) is 20.1. The SMILES string of the molecule is CCCCCCOc1c(OCCCCCC)c(-c2ccc(Br)s2)c2nsnc2c1-c1ccc(Br)s1. The van der Waals surface area contributed by atoms with E-state index < -0.39 is 0 Å². The minimum atomic E-state index is 0.655. The van der Waals surface area contributed by atoms with Crippen molar-refractivity contribution in [2.45, 2.75) is 65.2 Å². The van der Waals surface area contributed by atoms with Crippen LogP contribution >= 0.6 is 66.3 Å². The molecule has 0 spiro atoms. The Labute approximate surface area is 236 Å². The average Bonchev–Trinajstić information content (AvgIpc) is 3.60. The first-order valence-corrected chi connectivity index (χ1v) is 16.2. The van der Waals surface area contributed by atoms with Crippen molar-refractivity contribution >= 4 is 77.3 Å². The van der Waals surface area contributed by atoms with Gasteiger partial charge in [-0.15, -0.1) is 22.7 Å². The maximum Gasteiger partial charge on any atom is 0.172 e. The number of benzene rings is 1. The van der Waals surface area contributed by atoms with Gasteiger partial charge in [-0.3, -0.25) is 0 Å². The van der Waals surface area contributed by atoms with Gasteiger partial charge in [0, 0.05) is 9.75 Å². The molecule has 0 saturated heterocycles. The number of unbranched alkanes of at least 4 members (excludes halogenated alkanes) is 6. The molecule has 188 valence electrons. The maximum absolute atomic E-state index is 6.60. The van der Waals surface area contributed by atoms with E-state index in [0.717, 1.165) is 76.7 Å². The molecule has 3 aromatic heterocycles. The summed E-state index contributed by atoms with van der Waals surface area (Å²) < 4.78 is 24.9. The molecule has 0 radical (unpaired) electrons. The molecule has 9 heteroatoms. The summed E-state index contributed by atoms with van der Waals surface area (Å²) in [5.74, 6) is 1.59. The summed E-state index contributed by atoms with van der Waals surface area (Å²) in [6.07, 6.45) is 9.21. The molecule has 0 aliphatic heterocycles. The van der Waals surface area contributed by atoms with Crippen LogP contribution in [0.1, 0.15) is 65.2 Å². The summed E-state index contributed by atoms with van der Waals surface area (Å²) in [5, 5.41) is 0. The van der Waals surface area contributed by atoms with Gasteiger partial charge in [-0.25, -0.2) is 0 Å². The van der Waals surface area contributed by atoms with E-state index in [4.69, 9.17) is 18.2 Å². The molecule has 35 heavy (non-hydrogen) atoms. The number of nitrogens with zero attached hydrogens (tertiary/aromatic N) is 2. The first-order chi connectivity index (χ1) is 17.1. The van der Waals surface area contributed by atoms with Gasteiger partial charge >= 0.3 is 0 Å². The summed E-state index contributed by atoms with van der Waals surface area (Å²) in [6, 6.07) is 8.40. The highest BCUT2D eigenvalue weighted by Crippen LogP contribution is 2.53. The number of aromatic nitrogens is 2. The Kier molecular flexibility index (Phi) is 10.4.